The molecule has 2 aromatic heterocycles. The summed E-state index contributed by atoms with van der Waals surface area (Å²) in [5, 5.41) is 0. The normalized spacial score (nSPS) is 13.6. The van der Waals surface area contributed by atoms with Crippen molar-refractivity contribution in [3.05, 3.63) is 53.5 Å². The Morgan fingerprint density at radius 3 is 2.77 bits per heavy atom. The van der Waals surface area contributed by atoms with Gasteiger partial charge in [0, 0.05) is 30.4 Å². The van der Waals surface area contributed by atoms with Crippen molar-refractivity contribution < 1.29 is 14.2 Å². The molecule has 0 aliphatic carbocycles. The summed E-state index contributed by atoms with van der Waals surface area (Å²) < 4.78 is 16.8. The fourth-order valence-corrected chi connectivity index (χ4v) is 3.62. The fraction of sp³-hybridized carbons (Fsp3) is 0.318. The minimum Gasteiger partial charge on any atom is -0.496 e. The van der Waals surface area contributed by atoms with E-state index in [4.69, 9.17) is 19.9 Å². The first-order valence-corrected chi connectivity index (χ1v) is 9.70. The maximum absolute atomic E-state index is 6.01. The highest BCUT2D eigenvalue weighted by Gasteiger charge is 2.20. The van der Waals surface area contributed by atoms with Crippen molar-refractivity contribution in [1.82, 2.24) is 19.9 Å². The van der Waals surface area contributed by atoms with Crippen LogP contribution in [-0.4, -0.2) is 47.7 Å². The zero-order valence-corrected chi connectivity index (χ0v) is 17.4. The first kappa shape index (κ1) is 19.9. The Bertz CT molecular complexity index is 1060. The number of hydrogen-bond acceptors (Lipinski definition) is 8. The number of nitrogen functional groups attached to an aromatic ring is 1. The van der Waals surface area contributed by atoms with Gasteiger partial charge in [-0.2, -0.15) is 0 Å². The number of pyridine rings is 1. The molecule has 8 nitrogen and oxygen atoms in total. The average molecular weight is 407 g/mol. The topological polar surface area (TPSA) is 95.6 Å². The van der Waals surface area contributed by atoms with Gasteiger partial charge in [0.25, 0.3) is 5.88 Å². The molecule has 0 amide bonds. The van der Waals surface area contributed by atoms with Crippen LogP contribution in [0.1, 0.15) is 16.7 Å². The van der Waals surface area contributed by atoms with E-state index in [-0.39, 0.29) is 18.3 Å². The standard InChI is InChI=1S/C22H25N5O3/c1-27-7-5-17-16(12-27)8-15(9-19(17)28-2)18-10-25-21(23)22(26-18)30-13-14-4-6-24-11-20(14)29-3/h4,6,8-11H,5,7,12-13H2,1-3H3,(H2,23,25). The van der Waals surface area contributed by atoms with Crippen LogP contribution in [-0.2, 0) is 19.6 Å². The van der Waals surface area contributed by atoms with Crippen LogP contribution in [0.25, 0.3) is 11.3 Å². The number of ether oxygens (including phenoxy) is 3. The van der Waals surface area contributed by atoms with Crippen molar-refractivity contribution in [2.75, 3.05) is 33.5 Å². The lowest BCUT2D eigenvalue weighted by Gasteiger charge is -2.27. The monoisotopic (exact) mass is 407 g/mol. The second kappa shape index (κ2) is 8.54. The molecule has 4 rings (SSSR count). The molecular formula is C22H25N5O3. The van der Waals surface area contributed by atoms with E-state index in [1.807, 2.05) is 12.1 Å². The van der Waals surface area contributed by atoms with Gasteiger partial charge in [0.15, 0.2) is 5.82 Å². The van der Waals surface area contributed by atoms with Gasteiger partial charge in [-0.15, -0.1) is 0 Å². The summed E-state index contributed by atoms with van der Waals surface area (Å²) in [4.78, 5) is 15.2. The summed E-state index contributed by atoms with van der Waals surface area (Å²) in [6.07, 6.45) is 5.94. The first-order chi connectivity index (χ1) is 14.6. The van der Waals surface area contributed by atoms with Gasteiger partial charge in [0.05, 0.1) is 32.3 Å². The van der Waals surface area contributed by atoms with E-state index < -0.39 is 0 Å². The number of nitrogens with zero attached hydrogens (tertiary/aromatic N) is 4. The third kappa shape index (κ3) is 3.99. The van der Waals surface area contributed by atoms with E-state index in [0.717, 1.165) is 36.4 Å². The van der Waals surface area contributed by atoms with Crippen molar-refractivity contribution in [2.24, 2.45) is 0 Å². The van der Waals surface area contributed by atoms with Gasteiger partial charge >= 0.3 is 0 Å². The molecule has 0 bridgehead atoms. The van der Waals surface area contributed by atoms with Crippen molar-refractivity contribution in [3.8, 4) is 28.6 Å². The fourth-order valence-electron chi connectivity index (χ4n) is 3.62. The van der Waals surface area contributed by atoms with E-state index in [1.54, 1.807) is 32.8 Å². The van der Waals surface area contributed by atoms with E-state index in [0.29, 0.717) is 11.4 Å². The van der Waals surface area contributed by atoms with Crippen LogP contribution in [0.4, 0.5) is 5.82 Å². The summed E-state index contributed by atoms with van der Waals surface area (Å²) in [5.74, 6) is 2.03. The van der Waals surface area contributed by atoms with E-state index in [1.165, 1.54) is 11.1 Å². The Labute approximate surface area is 175 Å². The molecule has 0 fully saturated rings. The van der Waals surface area contributed by atoms with Crippen LogP contribution in [0.5, 0.6) is 17.4 Å². The molecule has 0 spiro atoms. The predicted molar refractivity (Wildman–Crippen MR) is 114 cm³/mol. The summed E-state index contributed by atoms with van der Waals surface area (Å²) in [7, 11) is 5.41. The molecular weight excluding hydrogens is 382 g/mol. The Morgan fingerprint density at radius 2 is 1.97 bits per heavy atom. The summed E-state index contributed by atoms with van der Waals surface area (Å²) in [6.45, 7) is 2.13. The number of fused-ring (bicyclic) bond motifs is 1. The van der Waals surface area contributed by atoms with Gasteiger partial charge in [0.2, 0.25) is 0 Å². The lowest BCUT2D eigenvalue weighted by Crippen LogP contribution is -2.26. The van der Waals surface area contributed by atoms with Gasteiger partial charge in [-0.1, -0.05) is 0 Å². The minimum absolute atomic E-state index is 0.233. The molecule has 8 heteroatoms. The van der Waals surface area contributed by atoms with Crippen LogP contribution in [0.3, 0.4) is 0 Å². The van der Waals surface area contributed by atoms with Crippen molar-refractivity contribution in [3.63, 3.8) is 0 Å². The molecule has 1 aliphatic heterocycles. The molecule has 0 radical (unpaired) electrons. The molecule has 0 unspecified atom stereocenters. The lowest BCUT2D eigenvalue weighted by atomic mass is 9.95. The lowest BCUT2D eigenvalue weighted by molar-refractivity contribution is 0.286. The van der Waals surface area contributed by atoms with Crippen molar-refractivity contribution >= 4 is 5.82 Å². The van der Waals surface area contributed by atoms with Crippen LogP contribution in [0.2, 0.25) is 0 Å². The average Bonchev–Trinajstić information content (AvgIpc) is 2.77. The highest BCUT2D eigenvalue weighted by atomic mass is 16.5. The van der Waals surface area contributed by atoms with E-state index in [2.05, 4.69) is 33.0 Å². The van der Waals surface area contributed by atoms with Crippen molar-refractivity contribution in [2.45, 2.75) is 19.6 Å². The SMILES string of the molecule is COc1cnccc1COc1nc(-c2cc3c(c(OC)c2)CCN(C)C3)cnc1N. The number of benzene rings is 1. The molecule has 3 aromatic rings. The van der Waals surface area contributed by atoms with Gasteiger partial charge in [-0.3, -0.25) is 4.98 Å². The zero-order chi connectivity index (χ0) is 21.1. The van der Waals surface area contributed by atoms with E-state index in [9.17, 15) is 0 Å². The Morgan fingerprint density at radius 1 is 1.13 bits per heavy atom. The quantitative estimate of drug-likeness (QED) is 0.666. The third-order valence-electron chi connectivity index (χ3n) is 5.22. The molecule has 3 heterocycles. The smallest absolute Gasteiger partial charge is 0.258 e. The number of rotatable bonds is 6. The highest BCUT2D eigenvalue weighted by Crippen LogP contribution is 2.34. The molecule has 1 aromatic carbocycles. The first-order valence-electron chi connectivity index (χ1n) is 9.70. The molecule has 2 N–H and O–H groups in total. The van der Waals surface area contributed by atoms with Crippen molar-refractivity contribution in [1.29, 1.82) is 0 Å². The maximum Gasteiger partial charge on any atom is 0.258 e. The van der Waals surface area contributed by atoms with Gasteiger partial charge in [0.1, 0.15) is 18.1 Å². The second-order valence-electron chi connectivity index (χ2n) is 7.23. The van der Waals surface area contributed by atoms with Crippen LogP contribution in [0.15, 0.2) is 36.8 Å². The molecule has 1 aliphatic rings. The maximum atomic E-state index is 6.01. The van der Waals surface area contributed by atoms with Gasteiger partial charge in [-0.25, -0.2) is 9.97 Å². The van der Waals surface area contributed by atoms with Gasteiger partial charge in [-0.05, 0) is 42.8 Å². The number of hydrogen-bond donors (Lipinski definition) is 1. The Kier molecular flexibility index (Phi) is 5.67. The van der Waals surface area contributed by atoms with Crippen LogP contribution >= 0.6 is 0 Å². The largest absolute Gasteiger partial charge is 0.496 e. The number of methoxy groups -OCH3 is 2. The summed E-state index contributed by atoms with van der Waals surface area (Å²) in [5.41, 5.74) is 10.9. The number of anilines is 1. The molecule has 0 atom stereocenters. The predicted octanol–water partition coefficient (Wildman–Crippen LogP) is 2.70. The summed E-state index contributed by atoms with van der Waals surface area (Å²) >= 11 is 0. The molecule has 0 saturated carbocycles. The summed E-state index contributed by atoms with van der Waals surface area (Å²) in [6, 6.07) is 5.97. The minimum atomic E-state index is 0.233. The molecule has 156 valence electrons. The third-order valence-corrected chi connectivity index (χ3v) is 5.22. The second-order valence-corrected chi connectivity index (χ2v) is 7.23. The van der Waals surface area contributed by atoms with E-state index >= 15 is 0 Å². The Hall–Kier alpha value is -3.39. The molecule has 30 heavy (non-hydrogen) atoms. The Balaban J connectivity index is 1.64. The number of likely N-dealkylation sites (N-methyl/N-ethyl adjacent to an activating group) is 1. The highest BCUT2D eigenvalue weighted by molar-refractivity contribution is 5.66. The number of nitrogens with two attached hydrogens (primary N) is 1. The zero-order valence-electron chi connectivity index (χ0n) is 17.4. The van der Waals surface area contributed by atoms with Crippen LogP contribution in [0, 0.1) is 0 Å². The number of aromatic nitrogens is 3. The van der Waals surface area contributed by atoms with Gasteiger partial charge < -0.3 is 24.8 Å². The molecule has 0 saturated heterocycles. The van der Waals surface area contributed by atoms with Crippen LogP contribution < -0.4 is 19.9 Å².